The van der Waals surface area contributed by atoms with Crippen LogP contribution in [0.1, 0.15) is 112 Å². The monoisotopic (exact) mass is 714 g/mol. The second-order valence-corrected chi connectivity index (χ2v) is 15.6. The molecule has 2 nitrogen and oxygen atoms in total. The van der Waals surface area contributed by atoms with Gasteiger partial charge in [0.25, 0.3) is 0 Å². The van der Waals surface area contributed by atoms with Crippen LogP contribution in [0.25, 0.3) is 0 Å². The van der Waals surface area contributed by atoms with Gasteiger partial charge in [-0.05, 0) is 47.9 Å². The Bertz CT molecular complexity index is 1270. The second kappa shape index (κ2) is 20.3. The molecule has 248 valence electrons. The van der Waals surface area contributed by atoms with Crippen LogP contribution in [0.5, 0.6) is 11.5 Å². The SMILES string of the molecule is C[Si]C.Cc1ccc(O)c(C(C)(C)C)c1.Cc1ccc(O)c(C(C)(C)C)c1.[Zr+2].c1cc2c([cH-]1)CCCC2.c1cc2c([cH-]1)CCCC2. The Labute approximate surface area is 303 Å². The van der Waals surface area contributed by atoms with Crippen molar-refractivity contribution in [3.8, 4) is 11.5 Å². The number of hydrogen-bond donors (Lipinski definition) is 2. The third-order valence-electron chi connectivity index (χ3n) is 8.22. The molecule has 6 rings (SSSR count). The minimum atomic E-state index is 0. The Balaban J connectivity index is 0.000000297. The van der Waals surface area contributed by atoms with Crippen LogP contribution in [-0.4, -0.2) is 19.7 Å². The van der Waals surface area contributed by atoms with E-state index in [0.29, 0.717) is 11.5 Å². The molecule has 4 aromatic rings. The molecule has 0 atom stereocenters. The molecule has 2 radical (unpaired) electrons. The molecule has 0 aromatic heterocycles. The summed E-state index contributed by atoms with van der Waals surface area (Å²) < 4.78 is 0. The zero-order valence-electron chi connectivity index (χ0n) is 30.5. The van der Waals surface area contributed by atoms with E-state index >= 15 is 0 Å². The predicted molar refractivity (Wildman–Crippen MR) is 198 cm³/mol. The van der Waals surface area contributed by atoms with E-state index in [1.807, 2.05) is 38.1 Å². The van der Waals surface area contributed by atoms with E-state index in [1.54, 1.807) is 34.4 Å². The molecule has 0 unspecified atom stereocenters. The van der Waals surface area contributed by atoms with E-state index < -0.39 is 0 Å². The van der Waals surface area contributed by atoms with Crippen molar-refractivity contribution in [1.82, 2.24) is 0 Å². The summed E-state index contributed by atoms with van der Waals surface area (Å²) in [6.45, 7) is 21.0. The van der Waals surface area contributed by atoms with Crippen LogP contribution in [-0.2, 0) is 62.7 Å². The molecule has 0 aliphatic heterocycles. The Hall–Kier alpha value is -2.16. The van der Waals surface area contributed by atoms with E-state index in [0.717, 1.165) is 20.6 Å². The van der Waals surface area contributed by atoms with Crippen molar-refractivity contribution in [1.29, 1.82) is 0 Å². The van der Waals surface area contributed by atoms with Gasteiger partial charge >= 0.3 is 26.2 Å². The molecule has 4 heteroatoms. The zero-order chi connectivity index (χ0) is 33.6. The number of benzene rings is 2. The number of aromatic hydroxyl groups is 2. The molecule has 0 spiro atoms. The van der Waals surface area contributed by atoms with E-state index in [-0.39, 0.29) is 37.0 Å². The van der Waals surface area contributed by atoms with E-state index in [2.05, 4.69) is 91.0 Å². The summed E-state index contributed by atoms with van der Waals surface area (Å²) >= 11 is 0. The van der Waals surface area contributed by atoms with Gasteiger partial charge in [-0.3, -0.25) is 0 Å². The second-order valence-electron chi connectivity index (χ2n) is 14.6. The van der Waals surface area contributed by atoms with Crippen LogP contribution in [0.15, 0.2) is 72.8 Å². The van der Waals surface area contributed by atoms with Crippen LogP contribution in [0.2, 0.25) is 13.1 Å². The normalized spacial score (nSPS) is 13.3. The van der Waals surface area contributed by atoms with Crippen molar-refractivity contribution < 1.29 is 36.4 Å². The zero-order valence-corrected chi connectivity index (χ0v) is 33.9. The summed E-state index contributed by atoms with van der Waals surface area (Å²) in [6.07, 6.45) is 10.9. The van der Waals surface area contributed by atoms with E-state index in [4.69, 9.17) is 0 Å². The summed E-state index contributed by atoms with van der Waals surface area (Å²) in [6, 6.07) is 24.8. The largest absolute Gasteiger partial charge is 2.00 e. The summed E-state index contributed by atoms with van der Waals surface area (Å²) in [5.74, 6) is 0.793. The molecule has 0 heterocycles. The quantitative estimate of drug-likeness (QED) is 0.141. The summed E-state index contributed by atoms with van der Waals surface area (Å²) in [5, 5.41) is 19.1. The molecule has 4 aromatic carbocycles. The first kappa shape index (κ1) is 41.9. The number of phenols is 2. The van der Waals surface area contributed by atoms with Gasteiger partial charge in [0, 0.05) is 9.52 Å². The minimum absolute atomic E-state index is 0. The van der Waals surface area contributed by atoms with Crippen molar-refractivity contribution in [3.05, 3.63) is 117 Å². The number of hydrogen-bond acceptors (Lipinski definition) is 2. The van der Waals surface area contributed by atoms with Gasteiger partial charge in [-0.1, -0.05) is 141 Å². The van der Waals surface area contributed by atoms with Crippen LogP contribution < -0.4 is 0 Å². The summed E-state index contributed by atoms with van der Waals surface area (Å²) in [4.78, 5) is 0. The molecular weight excluding hydrogens is 656 g/mol. The van der Waals surface area contributed by atoms with E-state index in [9.17, 15) is 10.2 Å². The maximum atomic E-state index is 9.57. The average Bonchev–Trinajstić information content (AvgIpc) is 3.66. The van der Waals surface area contributed by atoms with E-state index in [1.165, 1.54) is 62.5 Å². The maximum absolute atomic E-state index is 9.57. The Morgan fingerprint density at radius 1 is 0.565 bits per heavy atom. The fraction of sp³-hybridized carbons (Fsp3) is 0.476. The van der Waals surface area contributed by atoms with Gasteiger partial charge < -0.3 is 10.2 Å². The smallest absolute Gasteiger partial charge is 0.508 e. The first-order chi connectivity index (χ1) is 21.2. The fourth-order valence-electron chi connectivity index (χ4n) is 5.73. The number of phenolic OH excluding ortho intramolecular Hbond substituents is 2. The van der Waals surface area contributed by atoms with Gasteiger partial charge in [-0.15, -0.1) is 0 Å². The number of rotatable bonds is 0. The molecule has 0 saturated heterocycles. The van der Waals surface area contributed by atoms with Crippen LogP contribution in [0.3, 0.4) is 0 Å². The average molecular weight is 716 g/mol. The van der Waals surface area contributed by atoms with Gasteiger partial charge in [-0.2, -0.15) is 46.5 Å². The van der Waals surface area contributed by atoms with Gasteiger partial charge in [0.15, 0.2) is 0 Å². The summed E-state index contributed by atoms with van der Waals surface area (Å²) in [7, 11) is 1.08. The first-order valence-electron chi connectivity index (χ1n) is 16.8. The topological polar surface area (TPSA) is 40.5 Å². The predicted octanol–water partition coefficient (Wildman–Crippen LogP) is 11.3. The number of aryl methyl sites for hydroxylation is 6. The molecule has 2 N–H and O–H groups in total. The van der Waals surface area contributed by atoms with Gasteiger partial charge in [0.2, 0.25) is 0 Å². The van der Waals surface area contributed by atoms with Crippen LogP contribution in [0, 0.1) is 13.8 Å². The summed E-state index contributed by atoms with van der Waals surface area (Å²) in [5.41, 5.74) is 10.9. The molecule has 2 aliphatic carbocycles. The van der Waals surface area contributed by atoms with Crippen molar-refractivity contribution in [2.75, 3.05) is 0 Å². The number of fused-ring (bicyclic) bond motifs is 2. The molecule has 46 heavy (non-hydrogen) atoms. The van der Waals surface area contributed by atoms with Crippen molar-refractivity contribution in [2.45, 2.75) is 131 Å². The van der Waals surface area contributed by atoms with Gasteiger partial charge in [-0.25, -0.2) is 12.1 Å². The minimum Gasteiger partial charge on any atom is -0.508 e. The van der Waals surface area contributed by atoms with Crippen molar-refractivity contribution in [2.24, 2.45) is 0 Å². The first-order valence-corrected chi connectivity index (χ1v) is 18.8. The van der Waals surface area contributed by atoms with Crippen molar-refractivity contribution in [3.63, 3.8) is 0 Å². The van der Waals surface area contributed by atoms with Gasteiger partial charge in [0.05, 0.1) is 0 Å². The van der Waals surface area contributed by atoms with Crippen LogP contribution in [0.4, 0.5) is 0 Å². The molecular formula is C42H60O2SiZr. The third kappa shape index (κ3) is 14.3. The molecule has 0 bridgehead atoms. The Morgan fingerprint density at radius 3 is 1.17 bits per heavy atom. The standard InChI is InChI=1S/2C11H16O.2C9H11.C2H6Si.Zr/c2*1-8-5-6-10(12)9(7-8)11(2,3)4;2*1-2-5-9-7-3-6-8(9)4-1;1-3-2;/h2*5-7,12H,1-4H3;2*3,6-7H,1-2,4-5H2;1-2H3;/q;;2*-1;;+2. The fourth-order valence-corrected chi connectivity index (χ4v) is 5.73. The molecule has 2 aliphatic rings. The molecule has 0 saturated carbocycles. The third-order valence-corrected chi connectivity index (χ3v) is 8.22. The Kier molecular flexibility index (Phi) is 18.4. The maximum Gasteiger partial charge on any atom is 2.00 e. The molecule has 0 amide bonds. The Morgan fingerprint density at radius 2 is 0.891 bits per heavy atom. The van der Waals surface area contributed by atoms with Crippen LogP contribution >= 0.6 is 0 Å². The van der Waals surface area contributed by atoms with Crippen molar-refractivity contribution >= 4 is 9.52 Å². The molecule has 0 fully saturated rings. The van der Waals surface area contributed by atoms with Gasteiger partial charge in [0.1, 0.15) is 11.5 Å².